The first-order chi connectivity index (χ1) is 6.67. The second-order valence-corrected chi connectivity index (χ2v) is 6.16. The fraction of sp³-hybridized carbons (Fsp3) is 1.00. The summed E-state index contributed by atoms with van der Waals surface area (Å²) < 4.78 is 6.25. The highest BCUT2D eigenvalue weighted by atomic mass is 16.5. The molecule has 1 heteroatoms. The van der Waals surface area contributed by atoms with E-state index in [0.29, 0.717) is 11.7 Å². The van der Waals surface area contributed by atoms with Crippen LogP contribution in [0.5, 0.6) is 0 Å². The topological polar surface area (TPSA) is 9.23 Å². The standard InChI is InChI=1S/C13H22O/c1-9(2)14-13-6-10-3-4-11(7-13)12(5-10)8-13/h9-12H,3-8H2,1-2H3. The molecule has 4 atom stereocenters. The molecule has 3 bridgehead atoms. The third-order valence-electron chi connectivity index (χ3n) is 4.66. The van der Waals surface area contributed by atoms with Gasteiger partial charge in [-0.05, 0) is 63.7 Å². The summed E-state index contributed by atoms with van der Waals surface area (Å²) >= 11 is 0. The monoisotopic (exact) mass is 194 g/mol. The lowest BCUT2D eigenvalue weighted by Gasteiger charge is -2.40. The Labute approximate surface area is 87.2 Å². The van der Waals surface area contributed by atoms with E-state index in [1.807, 2.05) is 0 Å². The molecule has 0 N–H and O–H groups in total. The molecule has 3 aliphatic rings. The highest BCUT2D eigenvalue weighted by Crippen LogP contribution is 2.58. The van der Waals surface area contributed by atoms with E-state index in [1.54, 1.807) is 0 Å². The van der Waals surface area contributed by atoms with Gasteiger partial charge in [-0.15, -0.1) is 0 Å². The average Bonchev–Trinajstić information content (AvgIpc) is 2.22. The maximum atomic E-state index is 6.25. The predicted molar refractivity (Wildman–Crippen MR) is 57.1 cm³/mol. The zero-order valence-electron chi connectivity index (χ0n) is 9.46. The number of rotatable bonds is 2. The van der Waals surface area contributed by atoms with Crippen LogP contribution in [0.4, 0.5) is 0 Å². The molecule has 3 rings (SSSR count). The maximum Gasteiger partial charge on any atom is 0.0694 e. The minimum absolute atomic E-state index is 0.322. The van der Waals surface area contributed by atoms with Gasteiger partial charge in [-0.1, -0.05) is 6.42 Å². The van der Waals surface area contributed by atoms with Crippen LogP contribution in [0.3, 0.4) is 0 Å². The second-order valence-electron chi connectivity index (χ2n) is 6.16. The average molecular weight is 194 g/mol. The molecule has 3 saturated carbocycles. The van der Waals surface area contributed by atoms with Crippen LogP contribution in [0.1, 0.15) is 52.4 Å². The van der Waals surface area contributed by atoms with E-state index in [9.17, 15) is 0 Å². The van der Waals surface area contributed by atoms with Crippen molar-refractivity contribution in [2.75, 3.05) is 0 Å². The van der Waals surface area contributed by atoms with Gasteiger partial charge in [0.15, 0.2) is 0 Å². The first kappa shape index (κ1) is 9.21. The lowest BCUT2D eigenvalue weighted by Crippen LogP contribution is -2.38. The van der Waals surface area contributed by atoms with Crippen molar-refractivity contribution in [2.45, 2.75) is 64.1 Å². The zero-order chi connectivity index (χ0) is 9.76. The summed E-state index contributed by atoms with van der Waals surface area (Å²) in [6, 6.07) is 0. The van der Waals surface area contributed by atoms with Gasteiger partial charge in [0.1, 0.15) is 0 Å². The molecular formula is C13H22O. The Hall–Kier alpha value is -0.0400. The van der Waals surface area contributed by atoms with Crippen molar-refractivity contribution in [1.29, 1.82) is 0 Å². The van der Waals surface area contributed by atoms with E-state index in [2.05, 4.69) is 13.8 Å². The highest BCUT2D eigenvalue weighted by molar-refractivity contribution is 5.04. The van der Waals surface area contributed by atoms with Crippen molar-refractivity contribution in [3.8, 4) is 0 Å². The van der Waals surface area contributed by atoms with Crippen molar-refractivity contribution in [3.63, 3.8) is 0 Å². The number of hydrogen-bond acceptors (Lipinski definition) is 1. The molecular weight excluding hydrogens is 172 g/mol. The molecule has 0 spiro atoms. The van der Waals surface area contributed by atoms with Crippen molar-refractivity contribution in [3.05, 3.63) is 0 Å². The highest BCUT2D eigenvalue weighted by Gasteiger charge is 2.53. The Morgan fingerprint density at radius 3 is 2.64 bits per heavy atom. The van der Waals surface area contributed by atoms with Gasteiger partial charge in [0.25, 0.3) is 0 Å². The first-order valence-corrected chi connectivity index (χ1v) is 6.35. The van der Waals surface area contributed by atoms with Crippen LogP contribution in [0.2, 0.25) is 0 Å². The molecule has 0 aliphatic heterocycles. The summed E-state index contributed by atoms with van der Waals surface area (Å²) in [7, 11) is 0. The largest absolute Gasteiger partial charge is 0.372 e. The van der Waals surface area contributed by atoms with E-state index in [1.165, 1.54) is 38.5 Å². The second kappa shape index (κ2) is 2.98. The summed E-state index contributed by atoms with van der Waals surface area (Å²) in [5, 5.41) is 0. The van der Waals surface area contributed by atoms with E-state index in [0.717, 1.165) is 17.8 Å². The molecule has 3 aliphatic carbocycles. The quantitative estimate of drug-likeness (QED) is 0.655. The first-order valence-electron chi connectivity index (χ1n) is 6.35. The molecule has 0 heterocycles. The number of hydrogen-bond donors (Lipinski definition) is 0. The van der Waals surface area contributed by atoms with Crippen molar-refractivity contribution in [1.82, 2.24) is 0 Å². The van der Waals surface area contributed by atoms with E-state index in [4.69, 9.17) is 4.74 Å². The smallest absolute Gasteiger partial charge is 0.0694 e. The fourth-order valence-corrected chi connectivity index (χ4v) is 4.50. The molecule has 0 aromatic heterocycles. The third kappa shape index (κ3) is 1.32. The molecule has 1 nitrogen and oxygen atoms in total. The molecule has 0 saturated heterocycles. The Morgan fingerprint density at radius 1 is 1.07 bits per heavy atom. The molecule has 4 unspecified atom stereocenters. The third-order valence-corrected chi connectivity index (χ3v) is 4.66. The van der Waals surface area contributed by atoms with Gasteiger partial charge in [0, 0.05) is 0 Å². The van der Waals surface area contributed by atoms with Crippen LogP contribution < -0.4 is 0 Å². The Balaban J connectivity index is 1.82. The van der Waals surface area contributed by atoms with Crippen molar-refractivity contribution < 1.29 is 4.74 Å². The van der Waals surface area contributed by atoms with Gasteiger partial charge in [-0.2, -0.15) is 0 Å². The van der Waals surface area contributed by atoms with Crippen LogP contribution in [-0.4, -0.2) is 11.7 Å². The van der Waals surface area contributed by atoms with Gasteiger partial charge in [0.05, 0.1) is 11.7 Å². The number of ether oxygens (including phenoxy) is 1. The predicted octanol–water partition coefficient (Wildman–Crippen LogP) is 3.38. The van der Waals surface area contributed by atoms with Crippen LogP contribution >= 0.6 is 0 Å². The Kier molecular flexibility index (Phi) is 1.96. The molecule has 0 radical (unpaired) electrons. The lowest BCUT2D eigenvalue weighted by molar-refractivity contribution is -0.101. The zero-order valence-corrected chi connectivity index (χ0v) is 9.46. The van der Waals surface area contributed by atoms with Crippen LogP contribution in [0.25, 0.3) is 0 Å². The minimum Gasteiger partial charge on any atom is -0.372 e. The Bertz CT molecular complexity index is 227. The fourth-order valence-electron chi connectivity index (χ4n) is 4.50. The molecule has 14 heavy (non-hydrogen) atoms. The maximum absolute atomic E-state index is 6.25. The molecule has 80 valence electrons. The minimum atomic E-state index is 0.322. The SMILES string of the molecule is CC(C)OC12CC3CCC(C1)C(C3)C2. The molecule has 0 aromatic rings. The summed E-state index contributed by atoms with van der Waals surface area (Å²) in [6.45, 7) is 4.39. The molecule has 0 amide bonds. The molecule has 0 aromatic carbocycles. The van der Waals surface area contributed by atoms with Gasteiger partial charge in [-0.25, -0.2) is 0 Å². The van der Waals surface area contributed by atoms with Crippen LogP contribution in [0, 0.1) is 17.8 Å². The summed E-state index contributed by atoms with van der Waals surface area (Å²) in [4.78, 5) is 0. The van der Waals surface area contributed by atoms with Crippen molar-refractivity contribution >= 4 is 0 Å². The summed E-state index contributed by atoms with van der Waals surface area (Å²) in [5.41, 5.74) is 0.322. The van der Waals surface area contributed by atoms with E-state index in [-0.39, 0.29) is 0 Å². The summed E-state index contributed by atoms with van der Waals surface area (Å²) in [6.07, 6.45) is 9.07. The van der Waals surface area contributed by atoms with Crippen molar-refractivity contribution in [2.24, 2.45) is 17.8 Å². The lowest BCUT2D eigenvalue weighted by atomic mass is 9.71. The number of fused-ring (bicyclic) bond motifs is 2. The van der Waals surface area contributed by atoms with Gasteiger partial charge < -0.3 is 4.74 Å². The van der Waals surface area contributed by atoms with E-state index >= 15 is 0 Å². The van der Waals surface area contributed by atoms with Crippen LogP contribution in [-0.2, 0) is 4.74 Å². The normalized spacial score (nSPS) is 50.4. The van der Waals surface area contributed by atoms with Gasteiger partial charge in [-0.3, -0.25) is 0 Å². The summed E-state index contributed by atoms with van der Waals surface area (Å²) in [5.74, 6) is 3.06. The van der Waals surface area contributed by atoms with E-state index < -0.39 is 0 Å². The Morgan fingerprint density at radius 2 is 1.86 bits per heavy atom. The van der Waals surface area contributed by atoms with Gasteiger partial charge in [0.2, 0.25) is 0 Å². The molecule has 3 fully saturated rings. The van der Waals surface area contributed by atoms with Gasteiger partial charge >= 0.3 is 0 Å². The van der Waals surface area contributed by atoms with Crippen LogP contribution in [0.15, 0.2) is 0 Å².